The molecule has 0 rings (SSSR count). The molecule has 0 aliphatic rings. The van der Waals surface area contributed by atoms with Crippen molar-refractivity contribution in [3.05, 3.63) is 6.92 Å². The molecule has 0 aliphatic carbocycles. The Morgan fingerprint density at radius 3 is 2.56 bits per heavy atom. The van der Waals surface area contributed by atoms with Gasteiger partial charge in [0.1, 0.15) is 5.78 Å². The van der Waals surface area contributed by atoms with Gasteiger partial charge in [0.15, 0.2) is 0 Å². The number of carbonyl (C=O) groups is 1. The summed E-state index contributed by atoms with van der Waals surface area (Å²) in [5.74, 6) is 0.367. The zero-order valence-electron chi connectivity index (χ0n) is 6.15. The summed E-state index contributed by atoms with van der Waals surface area (Å²) < 4.78 is 0. The van der Waals surface area contributed by atoms with E-state index in [0.29, 0.717) is 12.2 Å². The van der Waals surface area contributed by atoms with Gasteiger partial charge in [0, 0.05) is 12.8 Å². The molecular formula is C8H15O. The van der Waals surface area contributed by atoms with Crippen LogP contribution in [0.15, 0.2) is 0 Å². The maximum Gasteiger partial charge on any atom is 0.132 e. The fourth-order valence-electron chi connectivity index (χ4n) is 0.696. The van der Waals surface area contributed by atoms with Gasteiger partial charge in [-0.25, -0.2) is 0 Å². The van der Waals surface area contributed by atoms with E-state index in [0.717, 1.165) is 25.7 Å². The first kappa shape index (κ1) is 8.67. The number of Topliss-reactive ketones (excluding diaryl/α,β-unsaturated/α-hetero) is 1. The van der Waals surface area contributed by atoms with Crippen LogP contribution in [-0.4, -0.2) is 5.78 Å². The second-order valence-electron chi connectivity index (χ2n) is 2.25. The Morgan fingerprint density at radius 1 is 1.44 bits per heavy atom. The monoisotopic (exact) mass is 127 g/mol. The Kier molecular flexibility index (Phi) is 5.59. The minimum atomic E-state index is 0.367. The third kappa shape index (κ3) is 5.54. The summed E-state index contributed by atoms with van der Waals surface area (Å²) in [5, 5.41) is 0. The van der Waals surface area contributed by atoms with Crippen LogP contribution in [0.4, 0.5) is 0 Å². The van der Waals surface area contributed by atoms with Gasteiger partial charge in [0.25, 0.3) is 0 Å². The smallest absolute Gasteiger partial charge is 0.132 e. The molecule has 53 valence electrons. The molecule has 1 heteroatoms. The van der Waals surface area contributed by atoms with Crippen LogP contribution >= 0.6 is 0 Å². The van der Waals surface area contributed by atoms with E-state index in [2.05, 4.69) is 13.8 Å². The molecule has 0 atom stereocenters. The van der Waals surface area contributed by atoms with Crippen molar-refractivity contribution >= 4 is 5.78 Å². The first-order valence-electron chi connectivity index (χ1n) is 3.62. The fraction of sp³-hybridized carbons (Fsp3) is 0.750. The minimum absolute atomic E-state index is 0.367. The lowest BCUT2D eigenvalue weighted by Gasteiger charge is -1.94. The van der Waals surface area contributed by atoms with E-state index in [4.69, 9.17) is 0 Å². The van der Waals surface area contributed by atoms with E-state index < -0.39 is 0 Å². The van der Waals surface area contributed by atoms with E-state index in [9.17, 15) is 4.79 Å². The van der Waals surface area contributed by atoms with Gasteiger partial charge < -0.3 is 0 Å². The zero-order chi connectivity index (χ0) is 7.11. The predicted octanol–water partition coefficient (Wildman–Crippen LogP) is 2.36. The number of unbranched alkanes of at least 4 members (excludes halogenated alkanes) is 1. The van der Waals surface area contributed by atoms with Gasteiger partial charge in [-0.1, -0.05) is 20.3 Å². The summed E-state index contributed by atoms with van der Waals surface area (Å²) in [6.07, 6.45) is 4.33. The molecule has 1 radical (unpaired) electrons. The van der Waals surface area contributed by atoms with Crippen molar-refractivity contribution in [2.45, 2.75) is 39.0 Å². The Bertz CT molecular complexity index is 76.6. The Hall–Kier alpha value is -0.330. The standard InChI is InChI=1S/C8H15O/c1-3-5-7-8(9)6-4-2/h2-7H2,1H3. The van der Waals surface area contributed by atoms with Crippen LogP contribution < -0.4 is 0 Å². The second kappa shape index (κ2) is 5.80. The molecule has 0 aromatic carbocycles. The van der Waals surface area contributed by atoms with Gasteiger partial charge in [-0.05, 0) is 12.8 Å². The van der Waals surface area contributed by atoms with Crippen LogP contribution in [0.25, 0.3) is 0 Å². The minimum Gasteiger partial charge on any atom is -0.300 e. The molecule has 0 aliphatic heterocycles. The van der Waals surface area contributed by atoms with Crippen molar-refractivity contribution in [1.29, 1.82) is 0 Å². The van der Waals surface area contributed by atoms with Crippen molar-refractivity contribution in [3.8, 4) is 0 Å². The first-order valence-corrected chi connectivity index (χ1v) is 3.62. The number of hydrogen-bond acceptors (Lipinski definition) is 1. The summed E-state index contributed by atoms with van der Waals surface area (Å²) in [6, 6.07) is 0. The van der Waals surface area contributed by atoms with E-state index in [-0.39, 0.29) is 0 Å². The van der Waals surface area contributed by atoms with Crippen molar-refractivity contribution in [2.75, 3.05) is 0 Å². The molecule has 0 saturated carbocycles. The third-order valence-corrected chi connectivity index (χ3v) is 1.26. The van der Waals surface area contributed by atoms with Gasteiger partial charge in [0.2, 0.25) is 0 Å². The summed E-state index contributed by atoms with van der Waals surface area (Å²) in [7, 11) is 0. The maximum atomic E-state index is 10.8. The summed E-state index contributed by atoms with van der Waals surface area (Å²) in [5.41, 5.74) is 0. The molecule has 0 aromatic heterocycles. The molecule has 9 heavy (non-hydrogen) atoms. The lowest BCUT2D eigenvalue weighted by Crippen LogP contribution is -1.95. The average Bonchev–Trinajstić information content (AvgIpc) is 1.85. The highest BCUT2D eigenvalue weighted by Crippen LogP contribution is 1.99. The number of carbonyl (C=O) groups excluding carboxylic acids is 1. The van der Waals surface area contributed by atoms with Crippen LogP contribution in [0, 0.1) is 6.92 Å². The summed E-state index contributed by atoms with van der Waals surface area (Å²) in [4.78, 5) is 10.8. The Morgan fingerprint density at radius 2 is 2.11 bits per heavy atom. The van der Waals surface area contributed by atoms with E-state index in [1.54, 1.807) is 0 Å². The van der Waals surface area contributed by atoms with Crippen molar-refractivity contribution in [1.82, 2.24) is 0 Å². The number of hydrogen-bond donors (Lipinski definition) is 0. The number of rotatable bonds is 5. The first-order chi connectivity index (χ1) is 4.31. The fourth-order valence-corrected chi connectivity index (χ4v) is 0.696. The SMILES string of the molecule is [CH2]CCC(=O)CCCC. The Balaban J connectivity index is 3.06. The molecule has 0 fully saturated rings. The lowest BCUT2D eigenvalue weighted by atomic mass is 10.1. The topological polar surface area (TPSA) is 17.1 Å². The largest absolute Gasteiger partial charge is 0.300 e. The van der Waals surface area contributed by atoms with Gasteiger partial charge >= 0.3 is 0 Å². The predicted molar refractivity (Wildman–Crippen MR) is 39.1 cm³/mol. The zero-order valence-corrected chi connectivity index (χ0v) is 6.15. The van der Waals surface area contributed by atoms with Crippen molar-refractivity contribution in [2.24, 2.45) is 0 Å². The van der Waals surface area contributed by atoms with Crippen LogP contribution in [0.1, 0.15) is 39.0 Å². The van der Waals surface area contributed by atoms with Gasteiger partial charge in [-0.15, -0.1) is 0 Å². The van der Waals surface area contributed by atoms with Crippen LogP contribution in [0.2, 0.25) is 0 Å². The molecule has 0 heterocycles. The van der Waals surface area contributed by atoms with Crippen LogP contribution in [-0.2, 0) is 4.79 Å². The molecule has 0 bridgehead atoms. The maximum absolute atomic E-state index is 10.8. The molecule has 0 unspecified atom stereocenters. The van der Waals surface area contributed by atoms with E-state index >= 15 is 0 Å². The van der Waals surface area contributed by atoms with Gasteiger partial charge in [-0.2, -0.15) is 0 Å². The quantitative estimate of drug-likeness (QED) is 0.554. The van der Waals surface area contributed by atoms with Crippen molar-refractivity contribution in [3.63, 3.8) is 0 Å². The van der Waals surface area contributed by atoms with Crippen molar-refractivity contribution < 1.29 is 4.79 Å². The molecule has 0 saturated heterocycles. The third-order valence-electron chi connectivity index (χ3n) is 1.26. The molecule has 0 spiro atoms. The van der Waals surface area contributed by atoms with Gasteiger partial charge in [0.05, 0.1) is 0 Å². The van der Waals surface area contributed by atoms with E-state index in [1.165, 1.54) is 0 Å². The molecule has 1 nitrogen and oxygen atoms in total. The second-order valence-corrected chi connectivity index (χ2v) is 2.25. The molecule has 0 aromatic rings. The number of ketones is 1. The average molecular weight is 127 g/mol. The van der Waals surface area contributed by atoms with E-state index in [1.807, 2.05) is 0 Å². The summed E-state index contributed by atoms with van der Waals surface area (Å²) >= 11 is 0. The molecular weight excluding hydrogens is 112 g/mol. The lowest BCUT2D eigenvalue weighted by molar-refractivity contribution is -0.119. The highest BCUT2D eigenvalue weighted by molar-refractivity contribution is 5.78. The Labute approximate surface area is 57.5 Å². The normalized spacial score (nSPS) is 9.56. The molecule has 0 amide bonds. The highest BCUT2D eigenvalue weighted by Gasteiger charge is 1.96. The highest BCUT2D eigenvalue weighted by atomic mass is 16.1. The van der Waals surface area contributed by atoms with Crippen LogP contribution in [0.5, 0.6) is 0 Å². The van der Waals surface area contributed by atoms with Crippen LogP contribution in [0.3, 0.4) is 0 Å². The summed E-state index contributed by atoms with van der Waals surface area (Å²) in [6.45, 7) is 5.71. The van der Waals surface area contributed by atoms with Gasteiger partial charge in [-0.3, -0.25) is 4.79 Å². The molecule has 0 N–H and O–H groups in total.